The normalized spacial score (nSPS) is 12.1. The quantitative estimate of drug-likeness (QED) is 0.636. The molecule has 0 bridgehead atoms. The van der Waals surface area contributed by atoms with E-state index in [0.717, 1.165) is 22.4 Å². The lowest BCUT2D eigenvalue weighted by Crippen LogP contribution is -2.14. The minimum atomic E-state index is -3.77. The molecule has 0 amide bonds. The van der Waals surface area contributed by atoms with Gasteiger partial charge >= 0.3 is 0 Å². The molecule has 0 unspecified atom stereocenters. The smallest absolute Gasteiger partial charge is 0.269 e. The number of benzene rings is 2. The largest absolute Gasteiger partial charge is 0.494 e. The van der Waals surface area contributed by atoms with Crippen molar-refractivity contribution in [3.05, 3.63) is 52.8 Å². The third-order valence-electron chi connectivity index (χ3n) is 4.90. The first-order valence-corrected chi connectivity index (χ1v) is 10.6. The molecule has 0 saturated carbocycles. The molecule has 3 aromatic rings. The Kier molecular flexibility index (Phi) is 5.04. The highest BCUT2D eigenvalue weighted by molar-refractivity contribution is 7.90. The topological polar surface area (TPSA) is 61.2 Å². The van der Waals surface area contributed by atoms with E-state index in [0.29, 0.717) is 23.2 Å². The summed E-state index contributed by atoms with van der Waals surface area (Å²) in [5.74, 6) is 0.886. The lowest BCUT2D eigenvalue weighted by atomic mass is 10.0. The molecule has 1 heterocycles. The third-order valence-corrected chi connectivity index (χ3v) is 6.70. The van der Waals surface area contributed by atoms with Gasteiger partial charge in [0.1, 0.15) is 12.1 Å². The van der Waals surface area contributed by atoms with Gasteiger partial charge in [-0.1, -0.05) is 13.8 Å². The first kappa shape index (κ1) is 19.4. The van der Waals surface area contributed by atoms with Gasteiger partial charge in [0, 0.05) is 0 Å². The Labute approximate surface area is 161 Å². The fraction of sp³-hybridized carbons (Fsp3) is 0.381. The third kappa shape index (κ3) is 3.34. The maximum Gasteiger partial charge on any atom is 0.269 e. The fourth-order valence-corrected chi connectivity index (χ4v) is 4.76. The lowest BCUT2D eigenvalue weighted by molar-refractivity contribution is 0.334. The molecule has 0 aliphatic rings. The van der Waals surface area contributed by atoms with Crippen LogP contribution in [-0.4, -0.2) is 24.0 Å². The van der Waals surface area contributed by atoms with Crippen molar-refractivity contribution >= 4 is 21.1 Å². The van der Waals surface area contributed by atoms with Crippen LogP contribution in [0.5, 0.6) is 5.75 Å². The van der Waals surface area contributed by atoms with E-state index in [-0.39, 0.29) is 10.8 Å². The maximum atomic E-state index is 13.5. The molecule has 144 valence electrons. The van der Waals surface area contributed by atoms with Crippen LogP contribution in [0.15, 0.2) is 35.5 Å². The van der Waals surface area contributed by atoms with Gasteiger partial charge in [-0.3, -0.25) is 0 Å². The second kappa shape index (κ2) is 7.00. The summed E-state index contributed by atoms with van der Waals surface area (Å²) >= 11 is 0. The molecule has 1 aromatic heterocycles. The van der Waals surface area contributed by atoms with Gasteiger partial charge in [-0.15, -0.1) is 0 Å². The molecule has 0 aliphatic carbocycles. The molecule has 0 N–H and O–H groups in total. The van der Waals surface area contributed by atoms with Gasteiger partial charge in [0.25, 0.3) is 10.0 Å². The number of rotatable bonds is 5. The SMILES string of the molecule is CCOc1cc(C)c(S(=O)(=O)n2cnc3cc(C)c(C)cc32)cc1C(C)C. The van der Waals surface area contributed by atoms with Crippen molar-refractivity contribution in [2.24, 2.45) is 0 Å². The lowest BCUT2D eigenvalue weighted by Gasteiger charge is -2.17. The highest BCUT2D eigenvalue weighted by Crippen LogP contribution is 2.33. The van der Waals surface area contributed by atoms with E-state index in [9.17, 15) is 8.42 Å². The minimum absolute atomic E-state index is 0.144. The van der Waals surface area contributed by atoms with Crippen LogP contribution in [0.3, 0.4) is 0 Å². The number of hydrogen-bond acceptors (Lipinski definition) is 4. The van der Waals surface area contributed by atoms with Gasteiger partial charge in [-0.05, 0) is 80.1 Å². The van der Waals surface area contributed by atoms with Crippen LogP contribution >= 0.6 is 0 Å². The number of nitrogens with zero attached hydrogens (tertiary/aromatic N) is 2. The Morgan fingerprint density at radius 3 is 2.33 bits per heavy atom. The van der Waals surface area contributed by atoms with Gasteiger partial charge < -0.3 is 4.74 Å². The van der Waals surface area contributed by atoms with Gasteiger partial charge in [-0.25, -0.2) is 17.4 Å². The zero-order valence-corrected chi connectivity index (χ0v) is 17.5. The first-order chi connectivity index (χ1) is 12.7. The Hall–Kier alpha value is -2.34. The molecule has 0 atom stereocenters. The van der Waals surface area contributed by atoms with Crippen molar-refractivity contribution in [3.63, 3.8) is 0 Å². The van der Waals surface area contributed by atoms with Crippen molar-refractivity contribution in [1.82, 2.24) is 8.96 Å². The first-order valence-electron chi connectivity index (χ1n) is 9.14. The molecule has 0 spiro atoms. The molecule has 0 radical (unpaired) electrons. The summed E-state index contributed by atoms with van der Waals surface area (Å²) in [5.41, 5.74) is 4.94. The van der Waals surface area contributed by atoms with Crippen LogP contribution in [0.1, 0.15) is 48.9 Å². The molecule has 3 rings (SSSR count). The Balaban J connectivity index is 2.24. The standard InChI is InChI=1S/C21H26N2O3S/c1-7-26-20-10-16(6)21(11-17(20)13(2)3)27(24,25)23-12-22-18-8-14(4)15(5)9-19(18)23/h8-13H,7H2,1-6H3. The summed E-state index contributed by atoms with van der Waals surface area (Å²) in [4.78, 5) is 4.59. The fourth-order valence-electron chi connectivity index (χ4n) is 3.23. The van der Waals surface area contributed by atoms with E-state index in [1.165, 1.54) is 10.3 Å². The van der Waals surface area contributed by atoms with Crippen LogP contribution in [0.2, 0.25) is 0 Å². The summed E-state index contributed by atoms with van der Waals surface area (Å²) in [6.07, 6.45) is 1.39. The molecular formula is C21H26N2O3S. The van der Waals surface area contributed by atoms with E-state index in [4.69, 9.17) is 4.74 Å². The molecule has 5 nitrogen and oxygen atoms in total. The average molecular weight is 387 g/mol. The Morgan fingerprint density at radius 2 is 1.70 bits per heavy atom. The van der Waals surface area contributed by atoms with Crippen molar-refractivity contribution in [1.29, 1.82) is 0 Å². The second-order valence-corrected chi connectivity index (χ2v) is 9.00. The molecule has 27 heavy (non-hydrogen) atoms. The van der Waals surface area contributed by atoms with Crippen LogP contribution < -0.4 is 4.74 Å². The number of hydrogen-bond donors (Lipinski definition) is 0. The van der Waals surface area contributed by atoms with Gasteiger partial charge in [-0.2, -0.15) is 0 Å². The van der Waals surface area contributed by atoms with E-state index >= 15 is 0 Å². The van der Waals surface area contributed by atoms with Crippen molar-refractivity contribution in [3.8, 4) is 5.75 Å². The molecule has 2 aromatic carbocycles. The monoisotopic (exact) mass is 386 g/mol. The zero-order valence-electron chi connectivity index (χ0n) is 16.7. The molecule has 0 aliphatic heterocycles. The van der Waals surface area contributed by atoms with Crippen LogP contribution in [0, 0.1) is 20.8 Å². The summed E-state index contributed by atoms with van der Waals surface area (Å²) in [6.45, 7) is 12.3. The van der Waals surface area contributed by atoms with Crippen molar-refractivity contribution in [2.45, 2.75) is 52.4 Å². The Bertz CT molecular complexity index is 1110. The maximum absolute atomic E-state index is 13.5. The predicted molar refractivity (Wildman–Crippen MR) is 108 cm³/mol. The highest BCUT2D eigenvalue weighted by Gasteiger charge is 2.24. The summed E-state index contributed by atoms with van der Waals surface area (Å²) in [5, 5.41) is 0. The second-order valence-electron chi connectivity index (χ2n) is 7.21. The predicted octanol–water partition coefficient (Wildman–Crippen LogP) is 4.72. The van der Waals surface area contributed by atoms with Crippen LogP contribution in [0.25, 0.3) is 11.0 Å². The number of aromatic nitrogens is 2. The summed E-state index contributed by atoms with van der Waals surface area (Å²) < 4.78 is 33.9. The number of aryl methyl sites for hydroxylation is 3. The minimum Gasteiger partial charge on any atom is -0.494 e. The van der Waals surface area contributed by atoms with E-state index < -0.39 is 10.0 Å². The van der Waals surface area contributed by atoms with Crippen molar-refractivity contribution < 1.29 is 13.2 Å². The number of imidazole rings is 1. The van der Waals surface area contributed by atoms with E-state index in [1.807, 2.05) is 52.8 Å². The summed E-state index contributed by atoms with van der Waals surface area (Å²) in [6, 6.07) is 7.36. The Morgan fingerprint density at radius 1 is 1.04 bits per heavy atom. The molecular weight excluding hydrogens is 360 g/mol. The summed E-state index contributed by atoms with van der Waals surface area (Å²) in [7, 11) is -3.77. The van der Waals surface area contributed by atoms with Crippen LogP contribution in [0.4, 0.5) is 0 Å². The molecule has 0 fully saturated rings. The number of ether oxygens (including phenoxy) is 1. The average Bonchev–Trinajstić information content (AvgIpc) is 2.98. The van der Waals surface area contributed by atoms with Gasteiger partial charge in [0.15, 0.2) is 0 Å². The van der Waals surface area contributed by atoms with Gasteiger partial charge in [0.05, 0.1) is 22.5 Å². The number of fused-ring (bicyclic) bond motifs is 1. The zero-order chi connectivity index (χ0) is 19.9. The van der Waals surface area contributed by atoms with Gasteiger partial charge in [0.2, 0.25) is 0 Å². The van der Waals surface area contributed by atoms with E-state index in [1.54, 1.807) is 13.0 Å². The van der Waals surface area contributed by atoms with Crippen LogP contribution in [-0.2, 0) is 10.0 Å². The van der Waals surface area contributed by atoms with E-state index in [2.05, 4.69) is 4.98 Å². The molecule has 0 saturated heterocycles. The highest BCUT2D eigenvalue weighted by atomic mass is 32.2. The van der Waals surface area contributed by atoms with Crippen molar-refractivity contribution in [2.75, 3.05) is 6.61 Å². The molecule has 6 heteroatoms.